The quantitative estimate of drug-likeness (QED) is 0.740. The molecule has 0 aromatic rings. The lowest BCUT2D eigenvalue weighted by molar-refractivity contribution is -0.139. The smallest absolute Gasteiger partial charge is 0.230 e. The van der Waals surface area contributed by atoms with Gasteiger partial charge in [-0.3, -0.25) is 4.79 Å². The van der Waals surface area contributed by atoms with Crippen molar-refractivity contribution in [3.63, 3.8) is 0 Å². The SMILES string of the molecule is CNCC1(C(=O)N(C)C(C)(C)C)CC1. The van der Waals surface area contributed by atoms with E-state index in [1.165, 1.54) is 0 Å². The second kappa shape index (κ2) is 3.54. The van der Waals surface area contributed by atoms with E-state index in [1.54, 1.807) is 0 Å². The number of carbonyl (C=O) groups is 1. The third-order valence-corrected chi connectivity index (χ3v) is 3.13. The van der Waals surface area contributed by atoms with Crippen molar-refractivity contribution in [1.29, 1.82) is 0 Å². The fourth-order valence-electron chi connectivity index (χ4n) is 1.62. The molecule has 0 aromatic heterocycles. The Hall–Kier alpha value is -0.570. The fourth-order valence-corrected chi connectivity index (χ4v) is 1.62. The van der Waals surface area contributed by atoms with Gasteiger partial charge in [-0.2, -0.15) is 0 Å². The zero-order valence-electron chi connectivity index (χ0n) is 9.98. The van der Waals surface area contributed by atoms with Crippen molar-refractivity contribution in [2.45, 2.75) is 39.2 Å². The highest BCUT2D eigenvalue weighted by molar-refractivity contribution is 5.86. The van der Waals surface area contributed by atoms with E-state index in [9.17, 15) is 4.79 Å². The van der Waals surface area contributed by atoms with Crippen LogP contribution >= 0.6 is 0 Å². The van der Waals surface area contributed by atoms with Crippen LogP contribution in [-0.4, -0.2) is 37.0 Å². The van der Waals surface area contributed by atoms with Gasteiger partial charge in [-0.1, -0.05) is 0 Å². The van der Waals surface area contributed by atoms with Crippen LogP contribution in [0.3, 0.4) is 0 Å². The Morgan fingerprint density at radius 1 is 1.43 bits per heavy atom. The van der Waals surface area contributed by atoms with Crippen molar-refractivity contribution in [1.82, 2.24) is 10.2 Å². The molecule has 0 unspecified atom stereocenters. The summed E-state index contributed by atoms with van der Waals surface area (Å²) >= 11 is 0. The monoisotopic (exact) mass is 198 g/mol. The molecule has 1 saturated carbocycles. The zero-order valence-corrected chi connectivity index (χ0v) is 9.98. The molecule has 1 aliphatic carbocycles. The van der Waals surface area contributed by atoms with Gasteiger partial charge in [0, 0.05) is 19.1 Å². The number of amides is 1. The highest BCUT2D eigenvalue weighted by Gasteiger charge is 2.51. The zero-order chi connectivity index (χ0) is 11.0. The first-order valence-electron chi connectivity index (χ1n) is 5.26. The summed E-state index contributed by atoms with van der Waals surface area (Å²) in [6.07, 6.45) is 2.07. The van der Waals surface area contributed by atoms with E-state index >= 15 is 0 Å². The number of carbonyl (C=O) groups excluding carboxylic acids is 1. The lowest BCUT2D eigenvalue weighted by Gasteiger charge is -2.35. The number of hydrogen-bond donors (Lipinski definition) is 1. The van der Waals surface area contributed by atoms with E-state index in [0.717, 1.165) is 19.4 Å². The maximum atomic E-state index is 12.1. The molecule has 0 heterocycles. The molecule has 1 N–H and O–H groups in total. The molecule has 1 fully saturated rings. The molecule has 0 saturated heterocycles. The summed E-state index contributed by atoms with van der Waals surface area (Å²) in [6.45, 7) is 7.02. The summed E-state index contributed by atoms with van der Waals surface area (Å²) in [5.41, 5.74) is -0.156. The van der Waals surface area contributed by atoms with Crippen LogP contribution in [0.25, 0.3) is 0 Å². The van der Waals surface area contributed by atoms with E-state index in [-0.39, 0.29) is 11.0 Å². The average Bonchev–Trinajstić information content (AvgIpc) is 2.82. The summed E-state index contributed by atoms with van der Waals surface area (Å²) in [4.78, 5) is 14.0. The highest BCUT2D eigenvalue weighted by atomic mass is 16.2. The Bertz CT molecular complexity index is 226. The first-order chi connectivity index (χ1) is 6.33. The van der Waals surface area contributed by atoms with Crippen LogP contribution in [-0.2, 0) is 4.79 Å². The summed E-state index contributed by atoms with van der Waals surface area (Å²) in [5.74, 6) is 0.291. The third kappa shape index (κ3) is 2.08. The fraction of sp³-hybridized carbons (Fsp3) is 0.909. The van der Waals surface area contributed by atoms with Crippen LogP contribution in [0.4, 0.5) is 0 Å². The minimum atomic E-state index is -0.0865. The lowest BCUT2D eigenvalue weighted by Crippen LogP contribution is -2.48. The van der Waals surface area contributed by atoms with Crippen molar-refractivity contribution in [2.24, 2.45) is 5.41 Å². The van der Waals surface area contributed by atoms with Crippen molar-refractivity contribution < 1.29 is 4.79 Å². The maximum absolute atomic E-state index is 12.1. The molecule has 0 spiro atoms. The molecule has 0 aliphatic heterocycles. The summed E-state index contributed by atoms with van der Waals surface area (Å²) in [7, 11) is 3.81. The Labute approximate surface area is 86.9 Å². The normalized spacial score (nSPS) is 19.2. The average molecular weight is 198 g/mol. The number of rotatable bonds is 3. The van der Waals surface area contributed by atoms with Gasteiger partial charge in [0.25, 0.3) is 0 Å². The standard InChI is InChI=1S/C11H22N2O/c1-10(2,3)13(5)9(14)11(6-7-11)8-12-4/h12H,6-8H2,1-5H3. The second-order valence-corrected chi connectivity index (χ2v) is 5.35. The van der Waals surface area contributed by atoms with Crippen LogP contribution in [0.2, 0.25) is 0 Å². The van der Waals surface area contributed by atoms with Crippen molar-refractivity contribution >= 4 is 5.91 Å². The van der Waals surface area contributed by atoms with E-state index in [2.05, 4.69) is 26.1 Å². The molecule has 82 valence electrons. The van der Waals surface area contributed by atoms with Crippen LogP contribution < -0.4 is 5.32 Å². The first-order valence-corrected chi connectivity index (χ1v) is 5.26. The van der Waals surface area contributed by atoms with Gasteiger partial charge >= 0.3 is 0 Å². The van der Waals surface area contributed by atoms with Crippen molar-refractivity contribution in [3.05, 3.63) is 0 Å². The maximum Gasteiger partial charge on any atom is 0.230 e. The Kier molecular flexibility index (Phi) is 2.91. The number of hydrogen-bond acceptors (Lipinski definition) is 2. The molecule has 0 aromatic carbocycles. The van der Waals surface area contributed by atoms with Crippen LogP contribution in [0, 0.1) is 5.41 Å². The Balaban J connectivity index is 2.66. The van der Waals surface area contributed by atoms with E-state index in [4.69, 9.17) is 0 Å². The molecular weight excluding hydrogens is 176 g/mol. The van der Waals surface area contributed by atoms with Gasteiger partial charge in [-0.05, 0) is 40.7 Å². The molecule has 1 amide bonds. The molecule has 14 heavy (non-hydrogen) atoms. The predicted octanol–water partition coefficient (Wildman–Crippen LogP) is 1.24. The van der Waals surface area contributed by atoms with E-state index in [0.29, 0.717) is 5.91 Å². The molecule has 1 aliphatic rings. The minimum Gasteiger partial charge on any atom is -0.340 e. The molecule has 3 heteroatoms. The van der Waals surface area contributed by atoms with Gasteiger partial charge in [0.05, 0.1) is 5.41 Å². The Morgan fingerprint density at radius 2 is 1.93 bits per heavy atom. The third-order valence-electron chi connectivity index (χ3n) is 3.13. The van der Waals surface area contributed by atoms with Gasteiger partial charge in [0.15, 0.2) is 0 Å². The van der Waals surface area contributed by atoms with Gasteiger partial charge in [-0.25, -0.2) is 0 Å². The van der Waals surface area contributed by atoms with Gasteiger partial charge < -0.3 is 10.2 Å². The largest absolute Gasteiger partial charge is 0.340 e. The topological polar surface area (TPSA) is 32.3 Å². The molecule has 3 nitrogen and oxygen atoms in total. The van der Waals surface area contributed by atoms with Crippen molar-refractivity contribution in [2.75, 3.05) is 20.6 Å². The van der Waals surface area contributed by atoms with Crippen molar-refractivity contribution in [3.8, 4) is 0 Å². The number of nitrogens with one attached hydrogen (secondary N) is 1. The highest BCUT2D eigenvalue weighted by Crippen LogP contribution is 2.47. The first kappa shape index (κ1) is 11.5. The van der Waals surface area contributed by atoms with E-state index < -0.39 is 0 Å². The molecule has 0 radical (unpaired) electrons. The summed E-state index contributed by atoms with van der Waals surface area (Å²) < 4.78 is 0. The van der Waals surface area contributed by atoms with Crippen LogP contribution in [0.5, 0.6) is 0 Å². The predicted molar refractivity (Wildman–Crippen MR) is 58.1 cm³/mol. The summed E-state index contributed by atoms with van der Waals surface area (Å²) in [6, 6.07) is 0. The Morgan fingerprint density at radius 3 is 2.21 bits per heavy atom. The lowest BCUT2D eigenvalue weighted by atomic mass is 10.0. The number of nitrogens with zero attached hydrogens (tertiary/aromatic N) is 1. The van der Waals surface area contributed by atoms with E-state index in [1.807, 2.05) is 19.0 Å². The van der Waals surface area contributed by atoms with Gasteiger partial charge in [-0.15, -0.1) is 0 Å². The van der Waals surface area contributed by atoms with Gasteiger partial charge in [0.1, 0.15) is 0 Å². The molecule has 1 rings (SSSR count). The molecular formula is C11H22N2O. The molecule has 0 bridgehead atoms. The summed E-state index contributed by atoms with van der Waals surface area (Å²) in [5, 5.41) is 3.11. The van der Waals surface area contributed by atoms with Crippen LogP contribution in [0.1, 0.15) is 33.6 Å². The molecule has 0 atom stereocenters. The van der Waals surface area contributed by atoms with Crippen LogP contribution in [0.15, 0.2) is 0 Å². The minimum absolute atomic E-state index is 0.0690. The second-order valence-electron chi connectivity index (χ2n) is 5.35. The van der Waals surface area contributed by atoms with Gasteiger partial charge in [0.2, 0.25) is 5.91 Å².